The minimum atomic E-state index is -0.313. The minimum absolute atomic E-state index is 0.139. The number of nitrogens with one attached hydrogen (secondary N) is 1. The Morgan fingerprint density at radius 2 is 2.14 bits per heavy atom. The number of benzene rings is 2. The molecule has 0 atom stereocenters. The number of hydrogen-bond donors (Lipinski definition) is 1. The number of hydrogen-bond acceptors (Lipinski definition) is 6. The van der Waals surface area contributed by atoms with E-state index in [0.717, 1.165) is 11.3 Å². The average Bonchev–Trinajstić information content (AvgIpc) is 3.34. The van der Waals surface area contributed by atoms with Crippen molar-refractivity contribution >= 4 is 22.9 Å². The molecule has 28 heavy (non-hydrogen) atoms. The molecular formula is C19H15FN6OS. The van der Waals surface area contributed by atoms with Crippen molar-refractivity contribution in [3.8, 4) is 16.3 Å². The summed E-state index contributed by atoms with van der Waals surface area (Å²) in [6.07, 6.45) is 1.65. The second-order valence-electron chi connectivity index (χ2n) is 6.13. The zero-order valence-corrected chi connectivity index (χ0v) is 15.7. The van der Waals surface area contributed by atoms with Crippen molar-refractivity contribution in [3.63, 3.8) is 0 Å². The highest BCUT2D eigenvalue weighted by Crippen LogP contribution is 2.25. The molecule has 7 nitrogen and oxygen atoms in total. The molecule has 2 aromatic carbocycles. The number of halogens is 1. The first-order valence-electron chi connectivity index (χ1n) is 8.43. The van der Waals surface area contributed by atoms with Crippen LogP contribution in [0, 0.1) is 12.7 Å². The summed E-state index contributed by atoms with van der Waals surface area (Å²) >= 11 is 1.38. The lowest BCUT2D eigenvalue weighted by atomic mass is 10.1. The van der Waals surface area contributed by atoms with Crippen molar-refractivity contribution < 1.29 is 9.18 Å². The van der Waals surface area contributed by atoms with Crippen LogP contribution in [0.1, 0.15) is 11.3 Å². The third-order valence-electron chi connectivity index (χ3n) is 4.04. The highest BCUT2D eigenvalue weighted by molar-refractivity contribution is 7.13. The number of carbonyl (C=O) groups is 1. The molecule has 0 fully saturated rings. The number of carbonyl (C=O) groups excluding carboxylic acids is 1. The summed E-state index contributed by atoms with van der Waals surface area (Å²) < 4.78 is 14.9. The fourth-order valence-electron chi connectivity index (χ4n) is 2.77. The molecule has 0 aliphatic carbocycles. The van der Waals surface area contributed by atoms with E-state index >= 15 is 0 Å². The van der Waals surface area contributed by atoms with E-state index in [-0.39, 0.29) is 18.1 Å². The van der Waals surface area contributed by atoms with Gasteiger partial charge in [-0.15, -0.1) is 16.4 Å². The van der Waals surface area contributed by atoms with E-state index in [1.165, 1.54) is 29.8 Å². The summed E-state index contributed by atoms with van der Waals surface area (Å²) in [6.45, 7) is 1.92. The Morgan fingerprint density at radius 1 is 1.25 bits per heavy atom. The summed E-state index contributed by atoms with van der Waals surface area (Å²) in [5.74, 6) is -0.488. The van der Waals surface area contributed by atoms with Gasteiger partial charge in [0.05, 0.1) is 17.8 Å². The van der Waals surface area contributed by atoms with Crippen molar-refractivity contribution in [2.45, 2.75) is 13.3 Å². The maximum absolute atomic E-state index is 13.4. The van der Waals surface area contributed by atoms with Crippen LogP contribution >= 0.6 is 11.3 Å². The Bertz CT molecular complexity index is 1130. The van der Waals surface area contributed by atoms with Crippen LogP contribution in [0.15, 0.2) is 54.2 Å². The molecule has 0 aliphatic heterocycles. The lowest BCUT2D eigenvalue weighted by Crippen LogP contribution is -2.15. The number of aromatic nitrogens is 5. The monoisotopic (exact) mass is 394 g/mol. The van der Waals surface area contributed by atoms with Crippen LogP contribution in [0.4, 0.5) is 10.1 Å². The molecule has 4 rings (SSSR count). The van der Waals surface area contributed by atoms with Gasteiger partial charge < -0.3 is 5.32 Å². The van der Waals surface area contributed by atoms with Gasteiger partial charge in [0, 0.05) is 16.6 Å². The van der Waals surface area contributed by atoms with E-state index in [1.807, 2.05) is 24.4 Å². The van der Waals surface area contributed by atoms with Crippen molar-refractivity contribution in [2.24, 2.45) is 0 Å². The van der Waals surface area contributed by atoms with Crippen LogP contribution in [0.5, 0.6) is 0 Å². The molecule has 0 radical (unpaired) electrons. The van der Waals surface area contributed by atoms with Gasteiger partial charge in [0.1, 0.15) is 17.2 Å². The predicted molar refractivity (Wildman–Crippen MR) is 104 cm³/mol. The van der Waals surface area contributed by atoms with E-state index in [9.17, 15) is 9.18 Å². The van der Waals surface area contributed by atoms with Crippen LogP contribution in [-0.4, -0.2) is 31.1 Å². The SMILES string of the molecule is Cc1cc(NC(=O)Cc2csc(-c3cccc(F)c3)n2)ccc1-n1cnnn1. The number of thiazole rings is 1. The normalized spacial score (nSPS) is 10.8. The van der Waals surface area contributed by atoms with Gasteiger partial charge in [-0.3, -0.25) is 4.79 Å². The number of rotatable bonds is 5. The largest absolute Gasteiger partial charge is 0.326 e. The summed E-state index contributed by atoms with van der Waals surface area (Å²) in [5, 5.41) is 16.5. The first-order chi connectivity index (χ1) is 13.6. The molecule has 4 aromatic rings. The van der Waals surface area contributed by atoms with Crippen molar-refractivity contribution in [1.29, 1.82) is 0 Å². The third-order valence-corrected chi connectivity index (χ3v) is 4.98. The Labute approximate surface area is 163 Å². The Morgan fingerprint density at radius 3 is 2.89 bits per heavy atom. The molecule has 0 bridgehead atoms. The van der Waals surface area contributed by atoms with Gasteiger partial charge in [-0.05, 0) is 53.2 Å². The molecule has 0 saturated heterocycles. The van der Waals surface area contributed by atoms with Gasteiger partial charge in [-0.25, -0.2) is 14.1 Å². The maximum atomic E-state index is 13.4. The van der Waals surface area contributed by atoms with E-state index in [2.05, 4.69) is 25.8 Å². The summed E-state index contributed by atoms with van der Waals surface area (Å²) in [5.41, 5.74) is 3.78. The number of aryl methyl sites for hydroxylation is 1. The highest BCUT2D eigenvalue weighted by atomic mass is 32.1. The molecule has 1 N–H and O–H groups in total. The van der Waals surface area contributed by atoms with Crippen LogP contribution in [0.25, 0.3) is 16.3 Å². The quantitative estimate of drug-likeness (QED) is 0.561. The van der Waals surface area contributed by atoms with Gasteiger partial charge in [0.2, 0.25) is 5.91 Å². The topological polar surface area (TPSA) is 85.6 Å². The average molecular weight is 394 g/mol. The fraction of sp³-hybridized carbons (Fsp3) is 0.105. The lowest BCUT2D eigenvalue weighted by molar-refractivity contribution is -0.115. The summed E-state index contributed by atoms with van der Waals surface area (Å²) in [4.78, 5) is 16.8. The van der Waals surface area contributed by atoms with Crippen molar-refractivity contribution in [1.82, 2.24) is 25.2 Å². The highest BCUT2D eigenvalue weighted by Gasteiger charge is 2.11. The van der Waals surface area contributed by atoms with Crippen LogP contribution in [-0.2, 0) is 11.2 Å². The number of tetrazole rings is 1. The predicted octanol–water partition coefficient (Wildman–Crippen LogP) is 3.41. The third kappa shape index (κ3) is 3.94. The van der Waals surface area contributed by atoms with Crippen LogP contribution < -0.4 is 5.32 Å². The molecule has 2 aromatic heterocycles. The standard InChI is InChI=1S/C19H15FN6OS/c1-12-7-15(5-6-17(12)26-11-21-24-25-26)22-18(27)9-16-10-28-19(23-16)13-3-2-4-14(20)8-13/h2-8,10-11H,9H2,1H3,(H,22,27). The van der Waals surface area contributed by atoms with Crippen molar-refractivity contribution in [2.75, 3.05) is 5.32 Å². The van der Waals surface area contributed by atoms with Crippen LogP contribution in [0.2, 0.25) is 0 Å². The molecule has 0 spiro atoms. The van der Waals surface area contributed by atoms with Gasteiger partial charge in [0.25, 0.3) is 0 Å². The number of amides is 1. The zero-order valence-electron chi connectivity index (χ0n) is 14.8. The molecule has 0 aliphatic rings. The maximum Gasteiger partial charge on any atom is 0.230 e. The van der Waals surface area contributed by atoms with Crippen LogP contribution in [0.3, 0.4) is 0 Å². The molecule has 2 heterocycles. The van der Waals surface area contributed by atoms with Gasteiger partial charge in [0.15, 0.2) is 0 Å². The van der Waals surface area contributed by atoms with Gasteiger partial charge in [-0.2, -0.15) is 0 Å². The molecule has 0 unspecified atom stereocenters. The number of anilines is 1. The zero-order chi connectivity index (χ0) is 19.5. The Hall–Kier alpha value is -3.46. The first-order valence-corrected chi connectivity index (χ1v) is 9.30. The molecule has 9 heteroatoms. The second kappa shape index (κ2) is 7.65. The van der Waals surface area contributed by atoms with E-state index in [1.54, 1.807) is 22.9 Å². The van der Waals surface area contributed by atoms with E-state index in [0.29, 0.717) is 22.0 Å². The Kier molecular flexibility index (Phi) is 4.90. The van der Waals surface area contributed by atoms with E-state index < -0.39 is 0 Å². The Balaban J connectivity index is 1.43. The second-order valence-corrected chi connectivity index (χ2v) is 6.99. The fourth-order valence-corrected chi connectivity index (χ4v) is 3.59. The minimum Gasteiger partial charge on any atom is -0.326 e. The molecule has 0 saturated carbocycles. The first kappa shape index (κ1) is 17.9. The van der Waals surface area contributed by atoms with Gasteiger partial charge in [-0.1, -0.05) is 12.1 Å². The smallest absolute Gasteiger partial charge is 0.230 e. The summed E-state index contributed by atoms with van der Waals surface area (Å²) in [7, 11) is 0. The molecular weight excluding hydrogens is 379 g/mol. The number of nitrogens with zero attached hydrogens (tertiary/aromatic N) is 5. The molecule has 1 amide bonds. The lowest BCUT2D eigenvalue weighted by Gasteiger charge is -2.08. The molecule has 140 valence electrons. The summed E-state index contributed by atoms with van der Waals surface area (Å²) in [6, 6.07) is 11.7. The van der Waals surface area contributed by atoms with E-state index in [4.69, 9.17) is 0 Å². The van der Waals surface area contributed by atoms with Gasteiger partial charge >= 0.3 is 0 Å². The van der Waals surface area contributed by atoms with Crippen molar-refractivity contribution in [3.05, 3.63) is 71.2 Å².